The lowest BCUT2D eigenvalue weighted by molar-refractivity contribution is -0.133. The molecule has 4 nitrogen and oxygen atoms in total. The number of nitrogens with one attached hydrogen (secondary N) is 1. The smallest absolute Gasteiger partial charge is 0.313 e. The number of aromatic nitrogens is 2. The van der Waals surface area contributed by atoms with Gasteiger partial charge in [0.1, 0.15) is 0 Å². The van der Waals surface area contributed by atoms with Crippen molar-refractivity contribution < 1.29 is 9.90 Å². The van der Waals surface area contributed by atoms with Gasteiger partial charge in [0.25, 0.3) is 0 Å². The highest BCUT2D eigenvalue weighted by Crippen LogP contribution is 2.18. The minimum absolute atomic E-state index is 0.0578. The molecular formula is C10H16N2O2S. The Labute approximate surface area is 93.5 Å². The zero-order valence-electron chi connectivity index (χ0n) is 9.04. The highest BCUT2D eigenvalue weighted by atomic mass is 32.2. The van der Waals surface area contributed by atoms with Crippen LogP contribution in [-0.4, -0.2) is 26.8 Å². The zero-order chi connectivity index (χ0) is 11.3. The average Bonchev–Trinajstić information content (AvgIpc) is 2.58. The Morgan fingerprint density at radius 2 is 2.27 bits per heavy atom. The Morgan fingerprint density at radius 3 is 2.80 bits per heavy atom. The standard InChI is InChI=1S/C10H16N2O2S/c1-3-5-8-7(4-2)11-10(12-8)15-6-9(13)14/h3-6H2,1-2H3,(H,11,12)(H,13,14). The fourth-order valence-corrected chi connectivity index (χ4v) is 2.00. The summed E-state index contributed by atoms with van der Waals surface area (Å²) in [6, 6.07) is 0. The van der Waals surface area contributed by atoms with E-state index in [2.05, 4.69) is 23.8 Å². The molecule has 0 bridgehead atoms. The van der Waals surface area contributed by atoms with E-state index in [1.165, 1.54) is 11.8 Å². The predicted octanol–water partition coefficient (Wildman–Crippen LogP) is 2.10. The van der Waals surface area contributed by atoms with E-state index in [0.29, 0.717) is 0 Å². The number of hydrogen-bond acceptors (Lipinski definition) is 3. The molecule has 1 heterocycles. The largest absolute Gasteiger partial charge is 0.481 e. The molecular weight excluding hydrogens is 212 g/mol. The van der Waals surface area contributed by atoms with Crippen molar-refractivity contribution in [2.75, 3.05) is 5.75 Å². The van der Waals surface area contributed by atoms with Gasteiger partial charge in [-0.15, -0.1) is 0 Å². The van der Waals surface area contributed by atoms with Gasteiger partial charge in [0.05, 0.1) is 11.4 Å². The second kappa shape index (κ2) is 5.80. The number of aromatic amines is 1. The molecule has 0 radical (unpaired) electrons. The number of aryl methyl sites for hydroxylation is 2. The molecule has 0 atom stereocenters. The lowest BCUT2D eigenvalue weighted by Crippen LogP contribution is -1.97. The van der Waals surface area contributed by atoms with E-state index >= 15 is 0 Å². The second-order valence-corrected chi connectivity index (χ2v) is 4.22. The number of nitrogens with zero attached hydrogens (tertiary/aromatic N) is 1. The summed E-state index contributed by atoms with van der Waals surface area (Å²) in [5.41, 5.74) is 2.21. The molecule has 0 spiro atoms. The Morgan fingerprint density at radius 1 is 1.53 bits per heavy atom. The quantitative estimate of drug-likeness (QED) is 0.732. The van der Waals surface area contributed by atoms with Crippen LogP contribution in [0.3, 0.4) is 0 Å². The maximum absolute atomic E-state index is 10.4. The van der Waals surface area contributed by atoms with E-state index in [1.54, 1.807) is 0 Å². The topological polar surface area (TPSA) is 66.0 Å². The zero-order valence-corrected chi connectivity index (χ0v) is 9.86. The number of carboxylic acids is 1. The lowest BCUT2D eigenvalue weighted by Gasteiger charge is -1.95. The summed E-state index contributed by atoms with van der Waals surface area (Å²) in [5.74, 6) is -0.756. The Kier molecular flexibility index (Phi) is 4.68. The number of rotatable bonds is 6. The molecule has 1 aromatic rings. The van der Waals surface area contributed by atoms with E-state index in [9.17, 15) is 4.79 Å². The van der Waals surface area contributed by atoms with E-state index < -0.39 is 5.97 Å². The van der Waals surface area contributed by atoms with Gasteiger partial charge in [0.15, 0.2) is 5.16 Å². The molecule has 0 aliphatic carbocycles. The monoisotopic (exact) mass is 228 g/mol. The third-order valence-corrected chi connectivity index (χ3v) is 2.87. The first-order valence-corrected chi connectivity index (χ1v) is 6.08. The molecule has 0 fully saturated rings. The van der Waals surface area contributed by atoms with Gasteiger partial charge in [-0.25, -0.2) is 4.98 Å². The van der Waals surface area contributed by atoms with Crippen LogP contribution < -0.4 is 0 Å². The predicted molar refractivity (Wildman–Crippen MR) is 60.3 cm³/mol. The number of H-pyrrole nitrogens is 1. The van der Waals surface area contributed by atoms with Crippen molar-refractivity contribution in [3.63, 3.8) is 0 Å². The molecule has 0 unspecified atom stereocenters. The SMILES string of the molecule is CCCc1[nH]c(SCC(=O)O)nc1CC. The molecule has 0 saturated heterocycles. The first kappa shape index (κ1) is 12.1. The highest BCUT2D eigenvalue weighted by Gasteiger charge is 2.09. The van der Waals surface area contributed by atoms with Crippen LogP contribution in [0.5, 0.6) is 0 Å². The first-order chi connectivity index (χ1) is 7.17. The van der Waals surface area contributed by atoms with E-state index in [0.717, 1.165) is 35.8 Å². The van der Waals surface area contributed by atoms with Gasteiger partial charge in [0, 0.05) is 5.69 Å². The summed E-state index contributed by atoms with van der Waals surface area (Å²) in [7, 11) is 0. The molecule has 5 heteroatoms. The summed E-state index contributed by atoms with van der Waals surface area (Å²) >= 11 is 1.24. The summed E-state index contributed by atoms with van der Waals surface area (Å²) in [5, 5.41) is 9.27. The van der Waals surface area contributed by atoms with Crippen LogP contribution in [0.15, 0.2) is 5.16 Å². The van der Waals surface area contributed by atoms with Gasteiger partial charge < -0.3 is 10.1 Å². The third-order valence-electron chi connectivity index (χ3n) is 2.01. The fraction of sp³-hybridized carbons (Fsp3) is 0.600. The number of aliphatic carboxylic acids is 1. The Bertz CT molecular complexity index is 336. The molecule has 0 amide bonds. The van der Waals surface area contributed by atoms with Gasteiger partial charge >= 0.3 is 5.97 Å². The molecule has 84 valence electrons. The number of carboxylic acid groups (broad SMARTS) is 1. The van der Waals surface area contributed by atoms with Crippen LogP contribution in [0.25, 0.3) is 0 Å². The van der Waals surface area contributed by atoms with Crippen molar-refractivity contribution in [3.8, 4) is 0 Å². The fourth-order valence-electron chi connectivity index (χ4n) is 1.37. The van der Waals surface area contributed by atoms with Crippen molar-refractivity contribution in [1.29, 1.82) is 0 Å². The van der Waals surface area contributed by atoms with Gasteiger partial charge in [-0.1, -0.05) is 32.0 Å². The van der Waals surface area contributed by atoms with Crippen LogP contribution >= 0.6 is 11.8 Å². The van der Waals surface area contributed by atoms with Gasteiger partial charge in [0.2, 0.25) is 0 Å². The summed E-state index contributed by atoms with van der Waals surface area (Å²) in [4.78, 5) is 17.9. The summed E-state index contributed by atoms with van der Waals surface area (Å²) in [6.07, 6.45) is 2.93. The maximum Gasteiger partial charge on any atom is 0.313 e. The summed E-state index contributed by atoms with van der Waals surface area (Å²) in [6.45, 7) is 4.17. The molecule has 0 saturated carbocycles. The van der Waals surface area contributed by atoms with Crippen LogP contribution in [0.4, 0.5) is 0 Å². The van der Waals surface area contributed by atoms with E-state index in [1.807, 2.05) is 0 Å². The molecule has 1 aromatic heterocycles. The molecule has 0 aliphatic heterocycles. The molecule has 2 N–H and O–H groups in total. The van der Waals surface area contributed by atoms with Crippen molar-refractivity contribution in [1.82, 2.24) is 9.97 Å². The van der Waals surface area contributed by atoms with Crippen molar-refractivity contribution in [2.45, 2.75) is 38.3 Å². The maximum atomic E-state index is 10.4. The van der Waals surface area contributed by atoms with Crippen LogP contribution in [-0.2, 0) is 17.6 Å². The van der Waals surface area contributed by atoms with Crippen LogP contribution in [0, 0.1) is 0 Å². The third kappa shape index (κ3) is 3.58. The number of thioether (sulfide) groups is 1. The van der Waals surface area contributed by atoms with E-state index in [-0.39, 0.29) is 5.75 Å². The molecule has 0 aliphatic rings. The minimum Gasteiger partial charge on any atom is -0.481 e. The number of hydrogen-bond donors (Lipinski definition) is 2. The van der Waals surface area contributed by atoms with Crippen LogP contribution in [0.2, 0.25) is 0 Å². The Balaban J connectivity index is 2.69. The second-order valence-electron chi connectivity index (χ2n) is 3.25. The Hall–Kier alpha value is -0.970. The summed E-state index contributed by atoms with van der Waals surface area (Å²) < 4.78 is 0. The van der Waals surface area contributed by atoms with E-state index in [4.69, 9.17) is 5.11 Å². The molecule has 0 aromatic carbocycles. The van der Waals surface area contributed by atoms with Crippen molar-refractivity contribution >= 4 is 17.7 Å². The van der Waals surface area contributed by atoms with Gasteiger partial charge in [-0.3, -0.25) is 4.79 Å². The average molecular weight is 228 g/mol. The van der Waals surface area contributed by atoms with Gasteiger partial charge in [-0.2, -0.15) is 0 Å². The van der Waals surface area contributed by atoms with Crippen molar-refractivity contribution in [2.24, 2.45) is 0 Å². The number of imidazole rings is 1. The minimum atomic E-state index is -0.813. The highest BCUT2D eigenvalue weighted by molar-refractivity contribution is 7.99. The van der Waals surface area contributed by atoms with Crippen molar-refractivity contribution in [3.05, 3.63) is 11.4 Å². The molecule has 15 heavy (non-hydrogen) atoms. The van der Waals surface area contributed by atoms with Gasteiger partial charge in [-0.05, 0) is 12.8 Å². The molecule has 1 rings (SSSR count). The normalized spacial score (nSPS) is 10.5. The van der Waals surface area contributed by atoms with Crippen LogP contribution in [0.1, 0.15) is 31.7 Å². The first-order valence-electron chi connectivity index (χ1n) is 5.09. The lowest BCUT2D eigenvalue weighted by atomic mass is 10.2. The number of carbonyl (C=O) groups is 1.